The fraction of sp³-hybridized carbons (Fsp3) is 0.250. The second-order valence-electron chi connectivity index (χ2n) is 7.04. The Morgan fingerprint density at radius 3 is 2.63 bits per heavy atom. The summed E-state index contributed by atoms with van der Waals surface area (Å²) in [6, 6.07) is 21.5. The third-order valence-electron chi connectivity index (χ3n) is 4.71. The number of aliphatic carboxylic acids is 1. The third kappa shape index (κ3) is 7.19. The summed E-state index contributed by atoms with van der Waals surface area (Å²) in [6.07, 6.45) is 3.38. The van der Waals surface area contributed by atoms with Gasteiger partial charge in [0.05, 0.1) is 13.0 Å². The van der Waals surface area contributed by atoms with Crippen LogP contribution in [0.2, 0.25) is 0 Å². The van der Waals surface area contributed by atoms with Crippen molar-refractivity contribution < 1.29 is 14.6 Å². The number of pyridine rings is 1. The first kappa shape index (κ1) is 21.8. The van der Waals surface area contributed by atoms with E-state index in [0.29, 0.717) is 13.0 Å². The lowest BCUT2D eigenvalue weighted by Gasteiger charge is -2.16. The maximum Gasteiger partial charge on any atom is 0.303 e. The van der Waals surface area contributed by atoms with E-state index in [9.17, 15) is 9.90 Å². The van der Waals surface area contributed by atoms with Crippen molar-refractivity contribution in [1.29, 1.82) is 0 Å². The van der Waals surface area contributed by atoms with Crippen LogP contribution in [0.5, 0.6) is 5.75 Å². The van der Waals surface area contributed by atoms with Crippen LogP contribution in [0.1, 0.15) is 29.9 Å². The minimum atomic E-state index is -0.792. The number of rotatable bonds is 11. The van der Waals surface area contributed by atoms with Crippen molar-refractivity contribution in [3.05, 3.63) is 88.5 Å². The Bertz CT molecular complexity index is 933. The number of nitrogens with zero attached hydrogens (tertiary/aromatic N) is 1. The molecule has 0 spiro atoms. The zero-order valence-electron chi connectivity index (χ0n) is 16.6. The van der Waals surface area contributed by atoms with Gasteiger partial charge in [0.25, 0.3) is 0 Å². The normalized spacial score (nSPS) is 11.6. The van der Waals surface area contributed by atoms with Crippen molar-refractivity contribution >= 4 is 27.7 Å². The molecule has 0 amide bonds. The monoisotopic (exact) mass is 468 g/mol. The molecule has 6 heteroatoms. The molecule has 0 bridgehead atoms. The number of carbonyl (C=O) groups is 1. The quantitative estimate of drug-likeness (QED) is 0.362. The molecule has 0 aliphatic heterocycles. The van der Waals surface area contributed by atoms with Crippen molar-refractivity contribution in [2.24, 2.45) is 0 Å². The number of nitrogens with one attached hydrogen (secondary N) is 1. The molecule has 2 N–H and O–H groups in total. The molecule has 5 nitrogen and oxygen atoms in total. The van der Waals surface area contributed by atoms with Crippen molar-refractivity contribution in [2.45, 2.75) is 25.2 Å². The summed E-state index contributed by atoms with van der Waals surface area (Å²) in [5, 5.41) is 12.6. The highest BCUT2D eigenvalue weighted by atomic mass is 79.9. The summed E-state index contributed by atoms with van der Waals surface area (Å²) in [7, 11) is 0. The van der Waals surface area contributed by atoms with Gasteiger partial charge in [-0.25, -0.2) is 4.98 Å². The number of aromatic nitrogens is 1. The zero-order chi connectivity index (χ0) is 21.2. The molecule has 1 unspecified atom stereocenters. The zero-order valence-corrected chi connectivity index (χ0v) is 18.2. The summed E-state index contributed by atoms with van der Waals surface area (Å²) >= 11 is 3.47. The van der Waals surface area contributed by atoms with Crippen molar-refractivity contribution in [1.82, 2.24) is 4.98 Å². The lowest BCUT2D eigenvalue weighted by molar-refractivity contribution is -0.137. The minimum Gasteiger partial charge on any atom is -0.494 e. The van der Waals surface area contributed by atoms with Gasteiger partial charge in [0.15, 0.2) is 0 Å². The van der Waals surface area contributed by atoms with Crippen LogP contribution in [0.15, 0.2) is 77.4 Å². The van der Waals surface area contributed by atoms with Crippen molar-refractivity contribution in [3.8, 4) is 5.75 Å². The molecule has 3 aromatic rings. The highest BCUT2D eigenvalue weighted by Crippen LogP contribution is 2.27. The van der Waals surface area contributed by atoms with Gasteiger partial charge in [0.1, 0.15) is 11.6 Å². The van der Waals surface area contributed by atoms with Crippen LogP contribution in [-0.2, 0) is 11.2 Å². The van der Waals surface area contributed by atoms with Crippen LogP contribution in [0, 0.1) is 0 Å². The molecule has 156 valence electrons. The maximum atomic E-state index is 11.3. The predicted octanol–water partition coefficient (Wildman–Crippen LogP) is 5.53. The van der Waals surface area contributed by atoms with Crippen LogP contribution in [0.4, 0.5) is 5.82 Å². The van der Waals surface area contributed by atoms with Crippen molar-refractivity contribution in [3.63, 3.8) is 0 Å². The number of anilines is 1. The van der Waals surface area contributed by atoms with Gasteiger partial charge in [-0.2, -0.15) is 0 Å². The maximum absolute atomic E-state index is 11.3. The lowest BCUT2D eigenvalue weighted by Crippen LogP contribution is -2.10. The standard InChI is InChI=1S/C24H25BrN2O3/c25-21-6-3-5-19(16-21)20(17-24(28)29)15-18-8-10-22(11-9-18)30-14-4-13-27-23-7-1-2-12-26-23/h1-3,5-12,16,20H,4,13-15,17H2,(H,26,27)(H,28,29). The Labute approximate surface area is 185 Å². The van der Waals surface area contributed by atoms with Gasteiger partial charge in [-0.3, -0.25) is 4.79 Å². The summed E-state index contributed by atoms with van der Waals surface area (Å²) in [5.41, 5.74) is 2.11. The van der Waals surface area contributed by atoms with Crippen LogP contribution in [0.25, 0.3) is 0 Å². The average Bonchev–Trinajstić information content (AvgIpc) is 2.74. The largest absolute Gasteiger partial charge is 0.494 e. The topological polar surface area (TPSA) is 71.5 Å². The van der Waals surface area contributed by atoms with E-state index in [2.05, 4.69) is 26.2 Å². The van der Waals surface area contributed by atoms with E-state index < -0.39 is 5.97 Å². The van der Waals surface area contributed by atoms with Crippen LogP contribution in [0.3, 0.4) is 0 Å². The molecule has 30 heavy (non-hydrogen) atoms. The first-order valence-corrected chi connectivity index (χ1v) is 10.7. The Kier molecular flexibility index (Phi) is 8.27. The first-order valence-electron chi connectivity index (χ1n) is 9.94. The molecular formula is C24H25BrN2O3. The molecule has 3 rings (SSSR count). The fourth-order valence-corrected chi connectivity index (χ4v) is 3.65. The van der Waals surface area contributed by atoms with E-state index in [0.717, 1.165) is 40.1 Å². The number of carboxylic acid groups (broad SMARTS) is 1. The lowest BCUT2D eigenvalue weighted by atomic mass is 9.89. The molecular weight excluding hydrogens is 444 g/mol. The van der Waals surface area contributed by atoms with E-state index in [1.54, 1.807) is 6.20 Å². The predicted molar refractivity (Wildman–Crippen MR) is 122 cm³/mol. The number of hydrogen-bond acceptors (Lipinski definition) is 4. The van der Waals surface area contributed by atoms with Crippen LogP contribution in [-0.4, -0.2) is 29.2 Å². The number of benzene rings is 2. The number of halogens is 1. The molecule has 0 saturated carbocycles. The van der Waals surface area contributed by atoms with Gasteiger partial charge >= 0.3 is 5.97 Å². The molecule has 1 aromatic heterocycles. The van der Waals surface area contributed by atoms with Crippen LogP contribution < -0.4 is 10.1 Å². The minimum absolute atomic E-state index is 0.0792. The number of hydrogen-bond donors (Lipinski definition) is 2. The Morgan fingerprint density at radius 1 is 1.10 bits per heavy atom. The Morgan fingerprint density at radius 2 is 1.93 bits per heavy atom. The molecule has 0 saturated heterocycles. The molecule has 2 aromatic carbocycles. The van der Waals surface area contributed by atoms with Crippen molar-refractivity contribution in [2.75, 3.05) is 18.5 Å². The number of carboxylic acids is 1. The summed E-state index contributed by atoms with van der Waals surface area (Å²) in [6.45, 7) is 1.40. The molecule has 0 fully saturated rings. The molecule has 1 heterocycles. The summed E-state index contributed by atoms with van der Waals surface area (Å²) in [4.78, 5) is 15.6. The van der Waals surface area contributed by atoms with Gasteiger partial charge in [-0.15, -0.1) is 0 Å². The Balaban J connectivity index is 1.49. The smallest absolute Gasteiger partial charge is 0.303 e. The van der Waals surface area contributed by atoms with E-state index in [4.69, 9.17) is 4.74 Å². The first-order chi connectivity index (χ1) is 14.6. The van der Waals surface area contributed by atoms with Crippen LogP contribution >= 0.6 is 15.9 Å². The summed E-state index contributed by atoms with van der Waals surface area (Å²) < 4.78 is 6.76. The van der Waals surface area contributed by atoms with E-state index in [1.807, 2.05) is 66.7 Å². The van der Waals surface area contributed by atoms with Gasteiger partial charge in [-0.05, 0) is 66.3 Å². The van der Waals surface area contributed by atoms with Gasteiger partial charge in [-0.1, -0.05) is 46.3 Å². The van der Waals surface area contributed by atoms with Gasteiger partial charge in [0.2, 0.25) is 0 Å². The Hall–Kier alpha value is -2.86. The highest BCUT2D eigenvalue weighted by molar-refractivity contribution is 9.10. The molecule has 1 atom stereocenters. The molecule has 0 aliphatic rings. The second-order valence-corrected chi connectivity index (χ2v) is 7.96. The van der Waals surface area contributed by atoms with E-state index in [1.165, 1.54) is 0 Å². The van der Waals surface area contributed by atoms with E-state index >= 15 is 0 Å². The highest BCUT2D eigenvalue weighted by Gasteiger charge is 2.16. The number of ether oxygens (including phenoxy) is 1. The molecule has 0 aliphatic carbocycles. The van der Waals surface area contributed by atoms with E-state index in [-0.39, 0.29) is 12.3 Å². The van der Waals surface area contributed by atoms with Gasteiger partial charge in [0, 0.05) is 17.2 Å². The molecule has 0 radical (unpaired) electrons. The summed E-state index contributed by atoms with van der Waals surface area (Å²) in [5.74, 6) is 0.806. The second kappa shape index (κ2) is 11.4. The SMILES string of the molecule is O=C(O)CC(Cc1ccc(OCCCNc2ccccn2)cc1)c1cccc(Br)c1. The average molecular weight is 469 g/mol. The third-order valence-corrected chi connectivity index (χ3v) is 5.20. The fourth-order valence-electron chi connectivity index (χ4n) is 3.23. The van der Waals surface area contributed by atoms with Gasteiger partial charge < -0.3 is 15.2 Å².